The highest BCUT2D eigenvalue weighted by Crippen LogP contribution is 2.34. The number of likely N-dealkylation sites (N-methyl/N-ethyl adjacent to an activating group) is 1. The summed E-state index contributed by atoms with van der Waals surface area (Å²) in [6.07, 6.45) is 1.46. The molecule has 0 radical (unpaired) electrons. The minimum absolute atomic E-state index is 0.00754. The second kappa shape index (κ2) is 10.9. The van der Waals surface area contributed by atoms with Gasteiger partial charge in [-0.1, -0.05) is 6.07 Å². The summed E-state index contributed by atoms with van der Waals surface area (Å²) in [4.78, 5) is 13.6. The van der Waals surface area contributed by atoms with Gasteiger partial charge in [-0.3, -0.25) is 9.52 Å². The molecule has 3 rings (SSSR count). The number of carbonyl (C=O) groups is 1. The van der Waals surface area contributed by atoms with Gasteiger partial charge in [0.2, 0.25) is 15.9 Å². The number of nitrogens with zero attached hydrogens (tertiary/aromatic N) is 1. The second-order valence-corrected chi connectivity index (χ2v) is 10.0. The van der Waals surface area contributed by atoms with Crippen molar-refractivity contribution < 1.29 is 27.8 Å². The first-order chi connectivity index (χ1) is 15.6. The van der Waals surface area contributed by atoms with Gasteiger partial charge in [0.05, 0.1) is 11.9 Å². The molecule has 1 aliphatic heterocycles. The highest BCUT2D eigenvalue weighted by molar-refractivity contribution is 7.92. The molecule has 1 heterocycles. The molecule has 0 saturated heterocycles. The Kier molecular flexibility index (Phi) is 8.17. The molecule has 1 unspecified atom stereocenters. The topological polar surface area (TPSA) is 117 Å². The van der Waals surface area contributed by atoms with Gasteiger partial charge in [-0.2, -0.15) is 0 Å². The van der Waals surface area contributed by atoms with Crippen LogP contribution >= 0.6 is 0 Å². The summed E-state index contributed by atoms with van der Waals surface area (Å²) in [5, 5.41) is 13.3. The number of fused-ring (bicyclic) bond motifs is 1. The first-order valence-corrected chi connectivity index (χ1v) is 12.6. The Morgan fingerprint density at radius 1 is 1.15 bits per heavy atom. The maximum absolute atomic E-state index is 11.7. The summed E-state index contributed by atoms with van der Waals surface area (Å²) in [7, 11) is -1.43. The smallest absolute Gasteiger partial charge is 0.229 e. The summed E-state index contributed by atoms with van der Waals surface area (Å²) in [5.74, 6) is 1.32. The fraction of sp³-hybridized carbons (Fsp3) is 0.435. The number of sulfonamides is 1. The van der Waals surface area contributed by atoms with Gasteiger partial charge in [-0.05, 0) is 56.3 Å². The first-order valence-electron chi connectivity index (χ1n) is 10.7. The molecular formula is C23H31N3O6S. The first kappa shape index (κ1) is 24.8. The maximum atomic E-state index is 11.7. The zero-order valence-electron chi connectivity index (χ0n) is 19.1. The lowest BCUT2D eigenvalue weighted by Gasteiger charge is -2.24. The molecule has 0 spiro atoms. The number of aryl methyl sites for hydroxylation is 1. The number of nitrogens with one attached hydrogen (secondary N) is 2. The number of hydrogen-bond donors (Lipinski definition) is 3. The van der Waals surface area contributed by atoms with Crippen LogP contribution in [0.1, 0.15) is 17.5 Å². The zero-order chi connectivity index (χ0) is 24.0. The van der Waals surface area contributed by atoms with Crippen LogP contribution in [0.3, 0.4) is 0 Å². The lowest BCUT2D eigenvalue weighted by atomic mass is 9.98. The van der Waals surface area contributed by atoms with Gasteiger partial charge in [-0.15, -0.1) is 0 Å². The van der Waals surface area contributed by atoms with Crippen LogP contribution in [0.5, 0.6) is 11.5 Å². The zero-order valence-corrected chi connectivity index (χ0v) is 19.9. The third kappa shape index (κ3) is 7.62. The van der Waals surface area contributed by atoms with Gasteiger partial charge in [0.15, 0.2) is 0 Å². The van der Waals surface area contributed by atoms with Crippen molar-refractivity contribution in [2.75, 3.05) is 49.6 Å². The average molecular weight is 478 g/mol. The van der Waals surface area contributed by atoms with Crippen LogP contribution in [0.15, 0.2) is 36.4 Å². The number of aliphatic hydroxyl groups is 1. The average Bonchev–Trinajstić information content (AvgIpc) is 2.74. The minimum Gasteiger partial charge on any atom is -0.492 e. The van der Waals surface area contributed by atoms with E-state index in [1.54, 1.807) is 24.3 Å². The minimum atomic E-state index is -3.31. The standard InChI is InChI=1S/C23H31N3O6S/c1-16-4-10-21(20-9-11-22(28)24-23(16)20)32-15-18(27)14-26(2)12-13-31-19-7-5-17(6-8-19)25-33(3,29)30/h4-8,10,18,25,27H,9,11-15H2,1-3H3,(H,24,28). The third-order valence-corrected chi connectivity index (χ3v) is 5.80. The van der Waals surface area contributed by atoms with Crippen molar-refractivity contribution in [3.63, 3.8) is 0 Å². The van der Waals surface area contributed by atoms with Crippen molar-refractivity contribution in [2.45, 2.75) is 25.9 Å². The molecule has 1 aliphatic rings. The quantitative estimate of drug-likeness (QED) is 0.453. The Balaban J connectivity index is 1.41. The summed E-state index contributed by atoms with van der Waals surface area (Å²) in [6, 6.07) is 10.4. The lowest BCUT2D eigenvalue weighted by Crippen LogP contribution is -2.35. The predicted octanol–water partition coefficient (Wildman–Crippen LogP) is 2.00. The summed E-state index contributed by atoms with van der Waals surface area (Å²) >= 11 is 0. The molecule has 9 nitrogen and oxygen atoms in total. The Morgan fingerprint density at radius 2 is 1.88 bits per heavy atom. The molecule has 33 heavy (non-hydrogen) atoms. The Hall–Kier alpha value is -2.82. The summed E-state index contributed by atoms with van der Waals surface area (Å²) in [5.41, 5.74) is 3.25. The Morgan fingerprint density at radius 3 is 2.58 bits per heavy atom. The normalized spacial score (nSPS) is 14.4. The van der Waals surface area contributed by atoms with Crippen LogP contribution in [0.2, 0.25) is 0 Å². The van der Waals surface area contributed by atoms with E-state index in [9.17, 15) is 18.3 Å². The molecule has 2 aromatic rings. The van der Waals surface area contributed by atoms with E-state index in [0.717, 1.165) is 23.1 Å². The largest absolute Gasteiger partial charge is 0.492 e. The van der Waals surface area contributed by atoms with E-state index in [1.807, 2.05) is 31.0 Å². The van der Waals surface area contributed by atoms with Crippen molar-refractivity contribution in [3.8, 4) is 11.5 Å². The number of rotatable bonds is 11. The van der Waals surface area contributed by atoms with Crippen LogP contribution in [0.4, 0.5) is 11.4 Å². The highest BCUT2D eigenvalue weighted by Gasteiger charge is 2.21. The number of amides is 1. The molecule has 1 amide bonds. The van der Waals surface area contributed by atoms with E-state index in [4.69, 9.17) is 9.47 Å². The van der Waals surface area contributed by atoms with E-state index in [2.05, 4.69) is 10.0 Å². The fourth-order valence-electron chi connectivity index (χ4n) is 3.59. The molecule has 3 N–H and O–H groups in total. The molecular weight excluding hydrogens is 446 g/mol. The van der Waals surface area contributed by atoms with Gasteiger partial charge in [-0.25, -0.2) is 8.42 Å². The van der Waals surface area contributed by atoms with Crippen molar-refractivity contribution >= 4 is 27.3 Å². The van der Waals surface area contributed by atoms with E-state index in [1.165, 1.54) is 0 Å². The van der Waals surface area contributed by atoms with E-state index < -0.39 is 16.1 Å². The van der Waals surface area contributed by atoms with Gasteiger partial charge >= 0.3 is 0 Å². The van der Waals surface area contributed by atoms with E-state index >= 15 is 0 Å². The molecule has 180 valence electrons. The van der Waals surface area contributed by atoms with Crippen LogP contribution in [-0.2, 0) is 21.2 Å². The summed E-state index contributed by atoms with van der Waals surface area (Å²) in [6.45, 7) is 3.50. The predicted molar refractivity (Wildman–Crippen MR) is 128 cm³/mol. The Bertz CT molecular complexity index is 1070. The molecule has 0 aliphatic carbocycles. The summed E-state index contributed by atoms with van der Waals surface area (Å²) < 4.78 is 36.4. The van der Waals surface area contributed by atoms with Gasteiger partial charge in [0.25, 0.3) is 0 Å². The van der Waals surface area contributed by atoms with E-state index in [0.29, 0.717) is 49.7 Å². The number of aliphatic hydroxyl groups excluding tert-OH is 1. The van der Waals surface area contributed by atoms with Crippen LogP contribution in [0.25, 0.3) is 0 Å². The number of benzene rings is 2. The van der Waals surface area contributed by atoms with Gasteiger partial charge < -0.3 is 24.8 Å². The molecule has 0 fully saturated rings. The van der Waals surface area contributed by atoms with Crippen molar-refractivity contribution in [2.24, 2.45) is 0 Å². The van der Waals surface area contributed by atoms with Crippen LogP contribution in [-0.4, -0.2) is 70.0 Å². The van der Waals surface area contributed by atoms with Crippen LogP contribution in [0, 0.1) is 6.92 Å². The van der Waals surface area contributed by atoms with Crippen molar-refractivity contribution in [1.82, 2.24) is 4.90 Å². The molecule has 1 atom stereocenters. The molecule has 10 heteroatoms. The van der Waals surface area contributed by atoms with Crippen LogP contribution < -0.4 is 19.5 Å². The molecule has 0 aromatic heterocycles. The second-order valence-electron chi connectivity index (χ2n) is 8.26. The number of ether oxygens (including phenoxy) is 2. The van der Waals surface area contributed by atoms with Crippen molar-refractivity contribution in [1.29, 1.82) is 0 Å². The number of carbonyl (C=O) groups excluding carboxylic acids is 1. The van der Waals surface area contributed by atoms with Gasteiger partial charge in [0, 0.05) is 30.8 Å². The SMILES string of the molecule is Cc1ccc(OCC(O)CN(C)CCOc2ccc(NS(C)(=O)=O)cc2)c2c1NC(=O)CC2. The number of anilines is 2. The lowest BCUT2D eigenvalue weighted by molar-refractivity contribution is -0.116. The molecule has 0 saturated carbocycles. The van der Waals surface area contributed by atoms with Gasteiger partial charge in [0.1, 0.15) is 30.8 Å². The monoisotopic (exact) mass is 477 g/mol. The Labute approximate surface area is 194 Å². The van der Waals surface area contributed by atoms with Crippen molar-refractivity contribution in [3.05, 3.63) is 47.5 Å². The molecule has 2 aromatic carbocycles. The van der Waals surface area contributed by atoms with E-state index in [-0.39, 0.29) is 12.5 Å². The number of hydrogen-bond acceptors (Lipinski definition) is 7. The highest BCUT2D eigenvalue weighted by atomic mass is 32.2. The third-order valence-electron chi connectivity index (χ3n) is 5.20. The maximum Gasteiger partial charge on any atom is 0.229 e. The fourth-order valence-corrected chi connectivity index (χ4v) is 4.15. The molecule has 0 bridgehead atoms.